The van der Waals surface area contributed by atoms with Gasteiger partial charge >= 0.3 is 11.4 Å². The number of hydrogen-bond donors (Lipinski definition) is 1. The molecule has 0 unspecified atom stereocenters. The molecular weight excluding hydrogens is 296 g/mol. The first-order valence-electron chi connectivity index (χ1n) is 6.99. The van der Waals surface area contributed by atoms with Gasteiger partial charge in [0.1, 0.15) is 5.75 Å². The SMILES string of the molecule is Cc1cccc2c1OCN=C2.O=c1[nH]c2ccccc2c(=O)o1. The fourth-order valence-electron chi connectivity index (χ4n) is 2.26. The largest absolute Gasteiger partial charge is 0.470 e. The quantitative estimate of drug-likeness (QED) is 0.690. The van der Waals surface area contributed by atoms with Gasteiger partial charge in [0.2, 0.25) is 0 Å². The first-order valence-corrected chi connectivity index (χ1v) is 6.99. The molecule has 0 spiro atoms. The van der Waals surface area contributed by atoms with Crippen molar-refractivity contribution >= 4 is 17.1 Å². The summed E-state index contributed by atoms with van der Waals surface area (Å²) < 4.78 is 9.68. The maximum Gasteiger partial charge on any atom is 0.419 e. The number of benzene rings is 2. The molecule has 6 nitrogen and oxygen atoms in total. The molecule has 23 heavy (non-hydrogen) atoms. The second-order valence-corrected chi connectivity index (χ2v) is 4.93. The van der Waals surface area contributed by atoms with Crippen molar-refractivity contribution in [3.8, 4) is 5.75 Å². The van der Waals surface area contributed by atoms with Crippen molar-refractivity contribution in [3.63, 3.8) is 0 Å². The van der Waals surface area contributed by atoms with Crippen LogP contribution in [0, 0.1) is 6.92 Å². The van der Waals surface area contributed by atoms with Gasteiger partial charge in [-0.15, -0.1) is 0 Å². The van der Waals surface area contributed by atoms with Gasteiger partial charge in [-0.2, -0.15) is 0 Å². The van der Waals surface area contributed by atoms with Gasteiger partial charge < -0.3 is 9.15 Å². The number of H-pyrrole nitrogens is 1. The number of aryl methyl sites for hydroxylation is 1. The van der Waals surface area contributed by atoms with Crippen LogP contribution in [0.25, 0.3) is 10.9 Å². The molecule has 116 valence electrons. The molecule has 3 aromatic rings. The molecule has 4 rings (SSSR count). The lowest BCUT2D eigenvalue weighted by molar-refractivity contribution is 0.324. The molecule has 0 bridgehead atoms. The van der Waals surface area contributed by atoms with Gasteiger partial charge in [-0.3, -0.25) is 9.98 Å². The number of aliphatic imine (C=N–C) groups is 1. The van der Waals surface area contributed by atoms with Gasteiger partial charge in [0, 0.05) is 11.8 Å². The molecule has 2 heterocycles. The normalized spacial score (nSPS) is 12.0. The molecule has 1 N–H and O–H groups in total. The van der Waals surface area contributed by atoms with E-state index in [-0.39, 0.29) is 0 Å². The summed E-state index contributed by atoms with van der Waals surface area (Å²) in [4.78, 5) is 28.1. The second kappa shape index (κ2) is 6.31. The Morgan fingerprint density at radius 1 is 1.09 bits per heavy atom. The molecule has 0 saturated heterocycles. The van der Waals surface area contributed by atoms with Crippen LogP contribution in [0.2, 0.25) is 0 Å². The van der Waals surface area contributed by atoms with Crippen LogP contribution in [-0.2, 0) is 0 Å². The maximum atomic E-state index is 11.0. The molecule has 1 aromatic heterocycles. The van der Waals surface area contributed by atoms with Crippen LogP contribution in [0.5, 0.6) is 5.75 Å². The first-order chi connectivity index (χ1) is 11.1. The Bertz CT molecular complexity index is 986. The number of fused-ring (bicyclic) bond motifs is 2. The summed E-state index contributed by atoms with van der Waals surface area (Å²) in [6, 6.07) is 12.7. The average Bonchev–Trinajstić information content (AvgIpc) is 2.56. The third-order valence-corrected chi connectivity index (χ3v) is 3.33. The Hall–Kier alpha value is -3.15. The molecule has 0 radical (unpaired) electrons. The zero-order valence-corrected chi connectivity index (χ0v) is 12.4. The van der Waals surface area contributed by atoms with E-state index in [1.54, 1.807) is 24.3 Å². The van der Waals surface area contributed by atoms with Gasteiger partial charge in [-0.05, 0) is 30.7 Å². The third kappa shape index (κ3) is 3.21. The summed E-state index contributed by atoms with van der Waals surface area (Å²) in [6.45, 7) is 2.50. The minimum Gasteiger partial charge on any atom is -0.470 e. The third-order valence-electron chi connectivity index (χ3n) is 3.33. The highest BCUT2D eigenvalue weighted by Crippen LogP contribution is 2.23. The first kappa shape index (κ1) is 14.8. The standard InChI is InChI=1S/C9H9NO.C8H5NO3/c1-7-3-2-4-8-5-10-6-11-9(7)8;10-7-5-3-1-2-4-6(5)9-8(11)12-7/h2-5H,6H2,1H3;1-4H,(H,9,11). The monoisotopic (exact) mass is 310 g/mol. The smallest absolute Gasteiger partial charge is 0.419 e. The van der Waals surface area contributed by atoms with Gasteiger partial charge in [0.05, 0.1) is 10.9 Å². The van der Waals surface area contributed by atoms with Crippen LogP contribution in [0.15, 0.2) is 61.5 Å². The Morgan fingerprint density at radius 3 is 2.74 bits per heavy atom. The lowest BCUT2D eigenvalue weighted by Crippen LogP contribution is -2.13. The van der Waals surface area contributed by atoms with Gasteiger partial charge in [0.15, 0.2) is 6.73 Å². The lowest BCUT2D eigenvalue weighted by atomic mass is 10.1. The van der Waals surface area contributed by atoms with Crippen LogP contribution < -0.4 is 16.1 Å². The molecular formula is C17H14N2O4. The van der Waals surface area contributed by atoms with E-state index >= 15 is 0 Å². The van der Waals surface area contributed by atoms with Crippen LogP contribution >= 0.6 is 0 Å². The Kier molecular flexibility index (Phi) is 4.05. The van der Waals surface area contributed by atoms with E-state index in [1.165, 1.54) is 5.56 Å². The molecule has 0 saturated carbocycles. The highest BCUT2D eigenvalue weighted by Gasteiger charge is 2.07. The minimum absolute atomic E-state index is 0.386. The molecule has 1 aliphatic heterocycles. The van der Waals surface area contributed by atoms with E-state index in [9.17, 15) is 9.59 Å². The molecule has 0 amide bonds. The highest BCUT2D eigenvalue weighted by molar-refractivity contribution is 5.85. The van der Waals surface area contributed by atoms with Crippen LogP contribution in [0.1, 0.15) is 11.1 Å². The van der Waals surface area contributed by atoms with Crippen LogP contribution in [0.3, 0.4) is 0 Å². The molecule has 1 aliphatic rings. The fraction of sp³-hybridized carbons (Fsp3) is 0.118. The van der Waals surface area contributed by atoms with Crippen molar-refractivity contribution in [3.05, 3.63) is 74.6 Å². The number of nitrogens with one attached hydrogen (secondary N) is 1. The zero-order chi connectivity index (χ0) is 16.2. The number of ether oxygens (including phenoxy) is 1. The predicted molar refractivity (Wildman–Crippen MR) is 87.4 cm³/mol. The topological polar surface area (TPSA) is 84.7 Å². The molecule has 0 aliphatic carbocycles. The van der Waals surface area contributed by atoms with E-state index in [0.29, 0.717) is 17.6 Å². The van der Waals surface area contributed by atoms with Crippen molar-refractivity contribution < 1.29 is 9.15 Å². The van der Waals surface area contributed by atoms with E-state index in [1.807, 2.05) is 31.3 Å². The van der Waals surface area contributed by atoms with Crippen molar-refractivity contribution in [2.24, 2.45) is 4.99 Å². The lowest BCUT2D eigenvalue weighted by Gasteiger charge is -2.13. The van der Waals surface area contributed by atoms with Crippen LogP contribution in [-0.4, -0.2) is 17.9 Å². The van der Waals surface area contributed by atoms with E-state index in [0.717, 1.165) is 11.3 Å². The number of aromatic nitrogens is 1. The van der Waals surface area contributed by atoms with Crippen molar-refractivity contribution in [2.45, 2.75) is 6.92 Å². The number of aromatic amines is 1. The number of para-hydroxylation sites is 2. The fourth-order valence-corrected chi connectivity index (χ4v) is 2.26. The summed E-state index contributed by atoms with van der Waals surface area (Å²) in [7, 11) is 0. The van der Waals surface area contributed by atoms with Gasteiger partial charge in [-0.25, -0.2) is 9.59 Å². The summed E-state index contributed by atoms with van der Waals surface area (Å²) in [5.41, 5.74) is 2.15. The Labute approximate surface area is 131 Å². The predicted octanol–water partition coefficient (Wildman–Crippen LogP) is 2.25. The molecule has 0 fully saturated rings. The van der Waals surface area contributed by atoms with Crippen molar-refractivity contribution in [2.75, 3.05) is 6.73 Å². The summed E-state index contributed by atoms with van der Waals surface area (Å²) in [6.07, 6.45) is 1.85. The molecule has 2 aromatic carbocycles. The second-order valence-electron chi connectivity index (χ2n) is 4.93. The summed E-state index contributed by atoms with van der Waals surface area (Å²) >= 11 is 0. The van der Waals surface area contributed by atoms with Gasteiger partial charge in [-0.1, -0.05) is 24.3 Å². The van der Waals surface area contributed by atoms with Crippen molar-refractivity contribution in [1.29, 1.82) is 0 Å². The highest BCUT2D eigenvalue weighted by atomic mass is 16.5. The van der Waals surface area contributed by atoms with E-state index < -0.39 is 11.4 Å². The number of hydrogen-bond acceptors (Lipinski definition) is 5. The number of nitrogens with zero attached hydrogens (tertiary/aromatic N) is 1. The Morgan fingerprint density at radius 2 is 1.91 bits per heavy atom. The summed E-state index contributed by atoms with van der Waals surface area (Å²) in [5, 5.41) is 0.386. The zero-order valence-electron chi connectivity index (χ0n) is 12.4. The summed E-state index contributed by atoms with van der Waals surface area (Å²) in [5.74, 6) is 0.251. The van der Waals surface area contributed by atoms with Crippen molar-refractivity contribution in [1.82, 2.24) is 4.98 Å². The average molecular weight is 310 g/mol. The molecule has 0 atom stereocenters. The Balaban J connectivity index is 0.000000136. The maximum absolute atomic E-state index is 11.0. The minimum atomic E-state index is -0.723. The number of rotatable bonds is 0. The van der Waals surface area contributed by atoms with E-state index in [4.69, 9.17) is 4.74 Å². The molecule has 6 heteroatoms. The van der Waals surface area contributed by atoms with Crippen LogP contribution in [0.4, 0.5) is 0 Å². The van der Waals surface area contributed by atoms with Gasteiger partial charge in [0.25, 0.3) is 0 Å². The van der Waals surface area contributed by atoms with E-state index in [2.05, 4.69) is 14.4 Å².